The molecule has 0 spiro atoms. The van der Waals surface area contributed by atoms with E-state index in [0.717, 1.165) is 11.4 Å². The van der Waals surface area contributed by atoms with E-state index in [-0.39, 0.29) is 11.7 Å². The van der Waals surface area contributed by atoms with Gasteiger partial charge in [0.25, 0.3) is 5.91 Å². The second kappa shape index (κ2) is 8.05. The van der Waals surface area contributed by atoms with Gasteiger partial charge in [-0.3, -0.25) is 4.79 Å². The third-order valence-electron chi connectivity index (χ3n) is 4.96. The van der Waals surface area contributed by atoms with Crippen molar-refractivity contribution in [3.05, 3.63) is 75.8 Å². The van der Waals surface area contributed by atoms with E-state index in [9.17, 15) is 9.18 Å². The average molecular weight is 433 g/mol. The summed E-state index contributed by atoms with van der Waals surface area (Å²) in [5, 5.41) is 5.46. The highest BCUT2D eigenvalue weighted by Gasteiger charge is 2.26. The Bertz CT molecular complexity index is 1040. The SMILES string of the molecule is Cc1cc(C(=O)N2CCN(c3cccc(Cl)c3Cl)CC2)n(-c2ccc(F)cc2)n1. The van der Waals surface area contributed by atoms with Gasteiger partial charge < -0.3 is 9.80 Å². The van der Waals surface area contributed by atoms with Crippen molar-refractivity contribution < 1.29 is 9.18 Å². The van der Waals surface area contributed by atoms with Crippen LogP contribution in [0.15, 0.2) is 48.5 Å². The maximum atomic E-state index is 13.3. The Balaban J connectivity index is 1.52. The first-order valence-electron chi connectivity index (χ1n) is 9.25. The molecule has 0 unspecified atom stereocenters. The second-order valence-electron chi connectivity index (χ2n) is 6.91. The molecule has 0 atom stereocenters. The summed E-state index contributed by atoms with van der Waals surface area (Å²) in [5.74, 6) is -0.437. The Morgan fingerprint density at radius 2 is 1.72 bits per heavy atom. The molecule has 4 rings (SSSR count). The average Bonchev–Trinajstić information content (AvgIpc) is 3.12. The number of hydrogen-bond donors (Lipinski definition) is 0. The van der Waals surface area contributed by atoms with Crippen LogP contribution >= 0.6 is 23.2 Å². The second-order valence-corrected chi connectivity index (χ2v) is 7.70. The number of aromatic nitrogens is 2. The van der Waals surface area contributed by atoms with Gasteiger partial charge in [0.2, 0.25) is 0 Å². The number of nitrogens with zero attached hydrogens (tertiary/aromatic N) is 4. The quantitative estimate of drug-likeness (QED) is 0.607. The first kappa shape index (κ1) is 19.7. The van der Waals surface area contributed by atoms with Gasteiger partial charge in [-0.15, -0.1) is 0 Å². The van der Waals surface area contributed by atoms with Crippen molar-refractivity contribution in [3.8, 4) is 5.69 Å². The summed E-state index contributed by atoms with van der Waals surface area (Å²) in [6.07, 6.45) is 0. The molecule has 0 saturated carbocycles. The Morgan fingerprint density at radius 1 is 1.03 bits per heavy atom. The summed E-state index contributed by atoms with van der Waals surface area (Å²) >= 11 is 12.5. The van der Waals surface area contributed by atoms with Crippen molar-refractivity contribution in [2.45, 2.75) is 6.92 Å². The number of anilines is 1. The van der Waals surface area contributed by atoms with Crippen LogP contribution < -0.4 is 4.90 Å². The third kappa shape index (κ3) is 3.95. The number of halogens is 3. The largest absolute Gasteiger partial charge is 0.367 e. The molecule has 5 nitrogen and oxygen atoms in total. The Kier molecular flexibility index (Phi) is 5.48. The van der Waals surface area contributed by atoms with Gasteiger partial charge in [-0.05, 0) is 49.4 Å². The molecule has 150 valence electrons. The van der Waals surface area contributed by atoms with Crippen LogP contribution in [-0.4, -0.2) is 46.8 Å². The fraction of sp³-hybridized carbons (Fsp3) is 0.238. The van der Waals surface area contributed by atoms with Crippen LogP contribution in [0.4, 0.5) is 10.1 Å². The number of carbonyl (C=O) groups excluding carboxylic acids is 1. The molecule has 29 heavy (non-hydrogen) atoms. The Labute approximate surface area is 178 Å². The molecule has 8 heteroatoms. The van der Waals surface area contributed by atoms with Gasteiger partial charge in [0.1, 0.15) is 11.5 Å². The van der Waals surface area contributed by atoms with Crippen molar-refractivity contribution in [2.75, 3.05) is 31.1 Å². The predicted molar refractivity (Wildman–Crippen MR) is 113 cm³/mol. The van der Waals surface area contributed by atoms with Crippen LogP contribution in [0, 0.1) is 12.7 Å². The number of rotatable bonds is 3. The lowest BCUT2D eigenvalue weighted by Crippen LogP contribution is -2.49. The lowest BCUT2D eigenvalue weighted by molar-refractivity contribution is 0.0737. The van der Waals surface area contributed by atoms with Crippen LogP contribution in [0.3, 0.4) is 0 Å². The molecule has 0 bridgehead atoms. The molecule has 0 aliphatic carbocycles. The molecule has 0 radical (unpaired) electrons. The molecular weight excluding hydrogens is 414 g/mol. The van der Waals surface area contributed by atoms with E-state index in [1.165, 1.54) is 12.1 Å². The van der Waals surface area contributed by atoms with E-state index in [4.69, 9.17) is 23.2 Å². The van der Waals surface area contributed by atoms with Crippen molar-refractivity contribution >= 4 is 34.8 Å². The summed E-state index contributed by atoms with van der Waals surface area (Å²) in [4.78, 5) is 17.1. The predicted octanol–water partition coefficient (Wildman–Crippen LogP) is 4.59. The molecule has 1 fully saturated rings. The van der Waals surface area contributed by atoms with Gasteiger partial charge in [0, 0.05) is 26.2 Å². The summed E-state index contributed by atoms with van der Waals surface area (Å²) in [7, 11) is 0. The third-order valence-corrected chi connectivity index (χ3v) is 5.77. The maximum absolute atomic E-state index is 13.3. The van der Waals surface area contributed by atoms with Gasteiger partial charge >= 0.3 is 0 Å². The smallest absolute Gasteiger partial charge is 0.272 e. The summed E-state index contributed by atoms with van der Waals surface area (Å²) in [6.45, 7) is 4.23. The number of carbonyl (C=O) groups is 1. The standard InChI is InChI=1S/C21H19Cl2FN4O/c1-14-13-19(28(25-14)16-7-5-15(24)6-8-16)21(29)27-11-9-26(10-12-27)18-4-2-3-17(22)20(18)23/h2-8,13H,9-12H2,1H3. The van der Waals surface area contributed by atoms with Gasteiger partial charge in [0.15, 0.2) is 0 Å². The maximum Gasteiger partial charge on any atom is 0.272 e. The molecule has 0 N–H and O–H groups in total. The zero-order valence-electron chi connectivity index (χ0n) is 15.8. The van der Waals surface area contributed by atoms with Crippen molar-refractivity contribution in [3.63, 3.8) is 0 Å². The normalized spacial score (nSPS) is 14.3. The molecule has 1 amide bonds. The highest BCUT2D eigenvalue weighted by Crippen LogP contribution is 2.33. The minimum Gasteiger partial charge on any atom is -0.367 e. The highest BCUT2D eigenvalue weighted by atomic mass is 35.5. The lowest BCUT2D eigenvalue weighted by atomic mass is 10.2. The number of aryl methyl sites for hydroxylation is 1. The van der Waals surface area contributed by atoms with Gasteiger partial charge in [-0.25, -0.2) is 9.07 Å². The molecule has 1 aliphatic heterocycles. The van der Waals surface area contributed by atoms with Crippen LogP contribution in [-0.2, 0) is 0 Å². The van der Waals surface area contributed by atoms with E-state index in [0.29, 0.717) is 47.6 Å². The number of hydrogen-bond acceptors (Lipinski definition) is 3. The van der Waals surface area contributed by atoms with E-state index in [1.807, 2.05) is 19.1 Å². The van der Waals surface area contributed by atoms with Gasteiger partial charge in [-0.1, -0.05) is 29.3 Å². The topological polar surface area (TPSA) is 41.4 Å². The van der Waals surface area contributed by atoms with E-state index in [1.54, 1.807) is 33.8 Å². The minimum atomic E-state index is -0.332. The van der Waals surface area contributed by atoms with Crippen LogP contribution in [0.25, 0.3) is 5.69 Å². The van der Waals surface area contributed by atoms with E-state index in [2.05, 4.69) is 10.00 Å². The first-order chi connectivity index (χ1) is 13.9. The molecule has 1 aromatic heterocycles. The van der Waals surface area contributed by atoms with Gasteiger partial charge in [0.05, 0.1) is 27.1 Å². The van der Waals surface area contributed by atoms with Crippen molar-refractivity contribution in [2.24, 2.45) is 0 Å². The zero-order valence-corrected chi connectivity index (χ0v) is 17.3. The molecule has 2 heterocycles. The van der Waals surface area contributed by atoms with E-state index < -0.39 is 0 Å². The summed E-state index contributed by atoms with van der Waals surface area (Å²) in [5.41, 5.74) is 2.70. The number of amides is 1. The lowest BCUT2D eigenvalue weighted by Gasteiger charge is -2.36. The molecule has 2 aromatic carbocycles. The zero-order chi connectivity index (χ0) is 20.5. The Hall–Kier alpha value is -2.57. The van der Waals surface area contributed by atoms with Crippen LogP contribution in [0.2, 0.25) is 10.0 Å². The van der Waals surface area contributed by atoms with Gasteiger partial charge in [-0.2, -0.15) is 5.10 Å². The minimum absolute atomic E-state index is 0.105. The fourth-order valence-electron chi connectivity index (χ4n) is 3.48. The van der Waals surface area contributed by atoms with Crippen molar-refractivity contribution in [1.29, 1.82) is 0 Å². The summed E-state index contributed by atoms with van der Waals surface area (Å²) in [6, 6.07) is 13.2. The van der Waals surface area contributed by atoms with Crippen LogP contribution in [0.1, 0.15) is 16.2 Å². The fourth-order valence-corrected chi connectivity index (χ4v) is 3.90. The summed E-state index contributed by atoms with van der Waals surface area (Å²) < 4.78 is 14.8. The first-order valence-corrected chi connectivity index (χ1v) is 10.0. The van der Waals surface area contributed by atoms with E-state index >= 15 is 0 Å². The number of benzene rings is 2. The monoisotopic (exact) mass is 432 g/mol. The highest BCUT2D eigenvalue weighted by molar-refractivity contribution is 6.43. The molecule has 1 aliphatic rings. The van der Waals surface area contributed by atoms with Crippen LogP contribution in [0.5, 0.6) is 0 Å². The molecule has 1 saturated heterocycles. The Morgan fingerprint density at radius 3 is 2.41 bits per heavy atom. The molecule has 3 aromatic rings. The number of piperazine rings is 1. The molecular formula is C21H19Cl2FN4O. The van der Waals surface area contributed by atoms with Crippen molar-refractivity contribution in [1.82, 2.24) is 14.7 Å².